The number of halogens is 1. The van der Waals surface area contributed by atoms with Crippen molar-refractivity contribution in [2.45, 2.75) is 50.7 Å². The SMILES string of the molecule is Cc1cnc(C(=O)NC2C[C@H]3CC[C@@H](C2)N3C(=O)COc2ccc(Cl)cc2)cn1. The minimum Gasteiger partial charge on any atom is -0.484 e. The molecule has 2 aliphatic rings. The lowest BCUT2D eigenvalue weighted by molar-refractivity contribution is -0.138. The fourth-order valence-corrected chi connectivity index (χ4v) is 4.35. The van der Waals surface area contributed by atoms with E-state index in [0.717, 1.165) is 31.4 Å². The maximum atomic E-state index is 12.8. The molecule has 4 rings (SSSR count). The normalized spacial score (nSPS) is 23.0. The van der Waals surface area contributed by atoms with Crippen LogP contribution in [0.2, 0.25) is 5.02 Å². The average molecular weight is 415 g/mol. The monoisotopic (exact) mass is 414 g/mol. The molecule has 29 heavy (non-hydrogen) atoms. The summed E-state index contributed by atoms with van der Waals surface area (Å²) in [4.78, 5) is 35.4. The van der Waals surface area contributed by atoms with Crippen LogP contribution in [0, 0.1) is 6.92 Å². The number of aromatic nitrogens is 2. The van der Waals surface area contributed by atoms with E-state index in [1.807, 2.05) is 11.8 Å². The van der Waals surface area contributed by atoms with E-state index in [-0.39, 0.29) is 36.5 Å². The molecule has 0 saturated carbocycles. The van der Waals surface area contributed by atoms with E-state index in [9.17, 15) is 9.59 Å². The summed E-state index contributed by atoms with van der Waals surface area (Å²) < 4.78 is 5.62. The molecular weight excluding hydrogens is 392 g/mol. The van der Waals surface area contributed by atoms with Crippen LogP contribution in [0.15, 0.2) is 36.7 Å². The van der Waals surface area contributed by atoms with E-state index >= 15 is 0 Å². The van der Waals surface area contributed by atoms with Crippen molar-refractivity contribution >= 4 is 23.4 Å². The molecule has 2 aromatic rings. The van der Waals surface area contributed by atoms with Gasteiger partial charge in [-0.25, -0.2) is 4.98 Å². The molecule has 3 heterocycles. The van der Waals surface area contributed by atoms with Crippen molar-refractivity contribution < 1.29 is 14.3 Å². The lowest BCUT2D eigenvalue weighted by Gasteiger charge is -2.39. The van der Waals surface area contributed by atoms with Gasteiger partial charge in [-0.2, -0.15) is 0 Å². The van der Waals surface area contributed by atoms with Gasteiger partial charge in [-0.1, -0.05) is 11.6 Å². The van der Waals surface area contributed by atoms with Crippen LogP contribution in [0.5, 0.6) is 5.75 Å². The summed E-state index contributed by atoms with van der Waals surface area (Å²) >= 11 is 5.87. The first-order valence-corrected chi connectivity index (χ1v) is 10.2. The predicted octanol–water partition coefficient (Wildman–Crippen LogP) is 2.77. The first-order valence-electron chi connectivity index (χ1n) is 9.78. The molecule has 152 valence electrons. The van der Waals surface area contributed by atoms with Crippen LogP contribution in [-0.2, 0) is 4.79 Å². The summed E-state index contributed by atoms with van der Waals surface area (Å²) in [7, 11) is 0. The highest BCUT2D eigenvalue weighted by molar-refractivity contribution is 6.30. The molecule has 1 unspecified atom stereocenters. The van der Waals surface area contributed by atoms with Crippen LogP contribution in [0.3, 0.4) is 0 Å². The van der Waals surface area contributed by atoms with Gasteiger partial charge in [0.1, 0.15) is 11.4 Å². The Labute approximate surface area is 174 Å². The van der Waals surface area contributed by atoms with Gasteiger partial charge >= 0.3 is 0 Å². The molecule has 0 radical (unpaired) electrons. The number of benzene rings is 1. The molecule has 8 heteroatoms. The van der Waals surface area contributed by atoms with Crippen LogP contribution in [0.4, 0.5) is 0 Å². The topological polar surface area (TPSA) is 84.4 Å². The molecule has 2 amide bonds. The number of carbonyl (C=O) groups is 2. The number of piperidine rings is 1. The molecule has 7 nitrogen and oxygen atoms in total. The van der Waals surface area contributed by atoms with Crippen LogP contribution in [0.1, 0.15) is 41.9 Å². The first kappa shape index (κ1) is 19.6. The van der Waals surface area contributed by atoms with E-state index in [1.54, 1.807) is 30.5 Å². The first-order chi connectivity index (χ1) is 14.0. The largest absolute Gasteiger partial charge is 0.484 e. The quantitative estimate of drug-likeness (QED) is 0.813. The molecule has 2 saturated heterocycles. The van der Waals surface area contributed by atoms with E-state index in [0.29, 0.717) is 16.5 Å². The molecule has 0 spiro atoms. The summed E-state index contributed by atoms with van der Waals surface area (Å²) in [6.45, 7) is 1.83. The third kappa shape index (κ3) is 4.50. The van der Waals surface area contributed by atoms with Gasteiger partial charge < -0.3 is 15.0 Å². The lowest BCUT2D eigenvalue weighted by atomic mass is 9.97. The third-order valence-electron chi connectivity index (χ3n) is 5.55. The minimum absolute atomic E-state index is 0.00458. The van der Waals surface area contributed by atoms with Crippen molar-refractivity contribution in [3.8, 4) is 5.75 Å². The lowest BCUT2D eigenvalue weighted by Crippen LogP contribution is -2.53. The van der Waals surface area contributed by atoms with Crippen molar-refractivity contribution in [2.75, 3.05) is 6.61 Å². The molecule has 1 N–H and O–H groups in total. The highest BCUT2D eigenvalue weighted by atomic mass is 35.5. The Bertz CT molecular complexity index is 874. The van der Waals surface area contributed by atoms with Gasteiger partial charge in [0.05, 0.1) is 11.9 Å². The zero-order chi connectivity index (χ0) is 20.4. The van der Waals surface area contributed by atoms with E-state index < -0.39 is 0 Å². The number of nitrogens with zero attached hydrogens (tertiary/aromatic N) is 3. The maximum absolute atomic E-state index is 12.8. The van der Waals surface area contributed by atoms with E-state index in [4.69, 9.17) is 16.3 Å². The Hall–Kier alpha value is -2.67. The van der Waals surface area contributed by atoms with Crippen LogP contribution in [0.25, 0.3) is 0 Å². The van der Waals surface area contributed by atoms with Crippen LogP contribution >= 0.6 is 11.6 Å². The number of rotatable bonds is 5. The van der Waals surface area contributed by atoms with Crippen LogP contribution in [-0.4, -0.2) is 51.4 Å². The number of carbonyl (C=O) groups excluding carboxylic acids is 2. The number of amides is 2. The summed E-state index contributed by atoms with van der Waals surface area (Å²) in [5, 5.41) is 3.68. The van der Waals surface area contributed by atoms with E-state index in [2.05, 4.69) is 15.3 Å². The Kier molecular flexibility index (Phi) is 5.67. The minimum atomic E-state index is -0.215. The van der Waals surface area contributed by atoms with Gasteiger partial charge in [-0.05, 0) is 56.9 Å². The second-order valence-electron chi connectivity index (χ2n) is 7.61. The fraction of sp³-hybridized carbons (Fsp3) is 0.429. The summed E-state index contributed by atoms with van der Waals surface area (Å²) in [5.74, 6) is 0.394. The molecule has 3 atom stereocenters. The van der Waals surface area contributed by atoms with Gasteiger partial charge in [-0.15, -0.1) is 0 Å². The third-order valence-corrected chi connectivity index (χ3v) is 5.80. The standard InChI is InChI=1S/C21H23ClN4O3/c1-13-10-24-19(11-23-13)21(28)25-15-8-16-4-5-17(9-15)26(16)20(27)12-29-18-6-2-14(22)3-7-18/h2-3,6-7,10-11,15-17H,4-5,8-9,12H2,1H3,(H,25,28)/t15?,16-,17+. The summed E-state index contributed by atoms with van der Waals surface area (Å²) in [6.07, 6.45) is 6.47. The van der Waals surface area contributed by atoms with Gasteiger partial charge in [0.25, 0.3) is 11.8 Å². The molecule has 2 aliphatic heterocycles. The van der Waals surface area contributed by atoms with Gasteiger partial charge in [0.2, 0.25) is 0 Å². The van der Waals surface area contributed by atoms with Gasteiger partial charge in [0.15, 0.2) is 6.61 Å². The second kappa shape index (κ2) is 8.37. The molecule has 2 fully saturated rings. The van der Waals surface area contributed by atoms with E-state index in [1.165, 1.54) is 6.20 Å². The molecule has 1 aromatic carbocycles. The van der Waals surface area contributed by atoms with Crippen molar-refractivity contribution in [2.24, 2.45) is 0 Å². The zero-order valence-electron chi connectivity index (χ0n) is 16.2. The summed E-state index contributed by atoms with van der Waals surface area (Å²) in [6, 6.07) is 7.26. The Morgan fingerprint density at radius 2 is 1.83 bits per heavy atom. The fourth-order valence-electron chi connectivity index (χ4n) is 4.22. The smallest absolute Gasteiger partial charge is 0.271 e. The predicted molar refractivity (Wildman–Crippen MR) is 108 cm³/mol. The highest BCUT2D eigenvalue weighted by Crippen LogP contribution is 2.36. The zero-order valence-corrected chi connectivity index (χ0v) is 16.9. The second-order valence-corrected chi connectivity index (χ2v) is 8.05. The number of aryl methyl sites for hydroxylation is 1. The maximum Gasteiger partial charge on any atom is 0.271 e. The van der Waals surface area contributed by atoms with Crippen molar-refractivity contribution in [3.63, 3.8) is 0 Å². The number of hydrogen-bond donors (Lipinski definition) is 1. The Morgan fingerprint density at radius 1 is 1.14 bits per heavy atom. The van der Waals surface area contributed by atoms with Gasteiger partial charge in [0, 0.05) is 29.3 Å². The Morgan fingerprint density at radius 3 is 2.45 bits per heavy atom. The Balaban J connectivity index is 1.32. The van der Waals surface area contributed by atoms with Crippen LogP contribution < -0.4 is 10.1 Å². The number of nitrogens with one attached hydrogen (secondary N) is 1. The van der Waals surface area contributed by atoms with Gasteiger partial charge in [-0.3, -0.25) is 14.6 Å². The number of ether oxygens (including phenoxy) is 1. The molecule has 2 bridgehead atoms. The van der Waals surface area contributed by atoms with Crippen molar-refractivity contribution in [1.82, 2.24) is 20.2 Å². The van der Waals surface area contributed by atoms with Crippen molar-refractivity contribution in [1.29, 1.82) is 0 Å². The number of fused-ring (bicyclic) bond motifs is 2. The molecular formula is C21H23ClN4O3. The summed E-state index contributed by atoms with van der Waals surface area (Å²) in [5.41, 5.74) is 1.09. The average Bonchev–Trinajstić information content (AvgIpc) is 2.98. The molecule has 0 aliphatic carbocycles. The number of hydrogen-bond acceptors (Lipinski definition) is 5. The molecule has 1 aromatic heterocycles. The van der Waals surface area contributed by atoms with Crippen molar-refractivity contribution in [3.05, 3.63) is 53.1 Å². The highest BCUT2D eigenvalue weighted by Gasteiger charge is 2.43.